The van der Waals surface area contributed by atoms with Crippen LogP contribution in [0.4, 0.5) is 5.69 Å². The highest BCUT2D eigenvalue weighted by Gasteiger charge is 2.30. The van der Waals surface area contributed by atoms with E-state index in [1.165, 1.54) is 9.70 Å². The Bertz CT molecular complexity index is 1480. The third-order valence-electron chi connectivity index (χ3n) is 6.96. The molecule has 0 spiro atoms. The number of nitrogens with zero attached hydrogens (tertiary/aromatic N) is 6. The number of benzene rings is 2. The minimum atomic E-state index is -0.769. The van der Waals surface area contributed by atoms with Gasteiger partial charge >= 0.3 is 0 Å². The smallest absolute Gasteiger partial charge is 0.251 e. The normalized spacial score (nSPS) is 14.2. The third-order valence-corrected chi connectivity index (χ3v) is 6.96. The van der Waals surface area contributed by atoms with E-state index in [0.717, 1.165) is 36.6 Å². The molecule has 0 radical (unpaired) electrons. The molecular weight excluding hydrogens is 498 g/mol. The summed E-state index contributed by atoms with van der Waals surface area (Å²) in [4.78, 5) is 34.1. The Hall–Kier alpha value is -4.54. The van der Waals surface area contributed by atoms with E-state index < -0.39 is 6.04 Å². The summed E-state index contributed by atoms with van der Waals surface area (Å²) < 4.78 is 10.7. The maximum atomic E-state index is 13.7. The topological polar surface area (TPSA) is 124 Å². The second kappa shape index (κ2) is 11.5. The Morgan fingerprint density at radius 1 is 1.08 bits per heavy atom. The lowest BCUT2D eigenvalue weighted by Crippen LogP contribution is -2.51. The number of fused-ring (bicyclic) bond motifs is 1. The Morgan fingerprint density at radius 3 is 2.62 bits per heavy atom. The second-order valence-electron chi connectivity index (χ2n) is 9.53. The van der Waals surface area contributed by atoms with Crippen molar-refractivity contribution in [2.24, 2.45) is 0 Å². The number of rotatable bonds is 9. The SMILES string of the molecule is COc1ccc(-c2nnn(CC(=O)N(c3cnc4ccccc4c3)C(C)C(=O)NC3CCCC3)n2)cc1OC. The van der Waals surface area contributed by atoms with Crippen molar-refractivity contribution in [1.82, 2.24) is 30.5 Å². The number of hydrogen-bond acceptors (Lipinski definition) is 8. The molecule has 1 fully saturated rings. The summed E-state index contributed by atoms with van der Waals surface area (Å²) in [5.41, 5.74) is 1.98. The van der Waals surface area contributed by atoms with E-state index in [4.69, 9.17) is 9.47 Å². The van der Waals surface area contributed by atoms with Crippen molar-refractivity contribution in [1.29, 1.82) is 0 Å². The summed E-state index contributed by atoms with van der Waals surface area (Å²) in [6.45, 7) is 1.51. The van der Waals surface area contributed by atoms with Crippen LogP contribution in [-0.2, 0) is 16.1 Å². The fraction of sp³-hybridized carbons (Fsp3) is 0.357. The van der Waals surface area contributed by atoms with Crippen LogP contribution in [-0.4, -0.2) is 63.3 Å². The number of hydrogen-bond donors (Lipinski definition) is 1. The van der Waals surface area contributed by atoms with E-state index in [9.17, 15) is 9.59 Å². The van der Waals surface area contributed by atoms with Gasteiger partial charge in [0, 0.05) is 17.0 Å². The van der Waals surface area contributed by atoms with E-state index in [0.29, 0.717) is 28.6 Å². The fourth-order valence-corrected chi connectivity index (χ4v) is 4.88. The highest BCUT2D eigenvalue weighted by Crippen LogP contribution is 2.31. The molecule has 11 nitrogen and oxygen atoms in total. The van der Waals surface area contributed by atoms with E-state index in [-0.39, 0.29) is 24.4 Å². The first kappa shape index (κ1) is 26.1. The van der Waals surface area contributed by atoms with E-state index in [1.807, 2.05) is 30.3 Å². The minimum absolute atomic E-state index is 0.132. The number of methoxy groups -OCH3 is 2. The molecule has 0 saturated heterocycles. The van der Waals surface area contributed by atoms with Crippen molar-refractivity contribution in [3.8, 4) is 22.9 Å². The van der Waals surface area contributed by atoms with E-state index in [2.05, 4.69) is 25.7 Å². The van der Waals surface area contributed by atoms with Crippen LogP contribution in [0, 0.1) is 0 Å². The van der Waals surface area contributed by atoms with Crippen molar-refractivity contribution in [3.63, 3.8) is 0 Å². The minimum Gasteiger partial charge on any atom is -0.493 e. The van der Waals surface area contributed by atoms with Crippen LogP contribution in [0.1, 0.15) is 32.6 Å². The zero-order valence-corrected chi connectivity index (χ0v) is 22.2. The predicted octanol–water partition coefficient (Wildman–Crippen LogP) is 3.39. The quantitative estimate of drug-likeness (QED) is 0.350. The highest BCUT2D eigenvalue weighted by molar-refractivity contribution is 6.01. The number of aromatic nitrogens is 5. The van der Waals surface area contributed by atoms with Crippen LogP contribution in [0.15, 0.2) is 54.7 Å². The molecule has 1 aliphatic rings. The average molecular weight is 530 g/mol. The lowest BCUT2D eigenvalue weighted by atomic mass is 10.1. The largest absolute Gasteiger partial charge is 0.493 e. The molecule has 0 bridgehead atoms. The lowest BCUT2D eigenvalue weighted by Gasteiger charge is -2.29. The van der Waals surface area contributed by atoms with Crippen LogP contribution in [0.5, 0.6) is 11.5 Å². The van der Waals surface area contributed by atoms with Gasteiger partial charge in [0.05, 0.1) is 31.6 Å². The Balaban J connectivity index is 1.41. The Labute approximate surface area is 226 Å². The first-order valence-corrected chi connectivity index (χ1v) is 12.9. The van der Waals surface area contributed by atoms with Gasteiger partial charge in [-0.3, -0.25) is 19.5 Å². The van der Waals surface area contributed by atoms with Crippen molar-refractivity contribution in [3.05, 3.63) is 54.7 Å². The van der Waals surface area contributed by atoms with Gasteiger partial charge in [-0.2, -0.15) is 4.80 Å². The summed E-state index contributed by atoms with van der Waals surface area (Å²) in [5, 5.41) is 16.6. The fourth-order valence-electron chi connectivity index (χ4n) is 4.88. The molecule has 1 atom stereocenters. The molecule has 2 aromatic carbocycles. The first-order chi connectivity index (χ1) is 19.0. The molecule has 5 rings (SSSR count). The van der Waals surface area contributed by atoms with Crippen LogP contribution in [0.25, 0.3) is 22.3 Å². The maximum Gasteiger partial charge on any atom is 0.251 e. The molecule has 39 heavy (non-hydrogen) atoms. The molecule has 202 valence electrons. The molecule has 1 unspecified atom stereocenters. The molecule has 1 saturated carbocycles. The number of para-hydroxylation sites is 1. The molecule has 2 amide bonds. The molecule has 0 aliphatic heterocycles. The Morgan fingerprint density at radius 2 is 1.85 bits per heavy atom. The molecule has 1 aliphatic carbocycles. The van der Waals surface area contributed by atoms with Gasteiger partial charge in [-0.25, -0.2) is 0 Å². The van der Waals surface area contributed by atoms with Crippen LogP contribution in [0.2, 0.25) is 0 Å². The number of tetrazole rings is 1. The third kappa shape index (κ3) is 5.66. The van der Waals surface area contributed by atoms with Crippen LogP contribution < -0.4 is 19.7 Å². The van der Waals surface area contributed by atoms with Gasteiger partial charge in [-0.05, 0) is 55.3 Å². The molecule has 4 aromatic rings. The zero-order chi connectivity index (χ0) is 27.4. The summed E-state index contributed by atoms with van der Waals surface area (Å²) in [5.74, 6) is 0.862. The van der Waals surface area contributed by atoms with Crippen LogP contribution >= 0.6 is 0 Å². The van der Waals surface area contributed by atoms with Gasteiger partial charge in [0.25, 0.3) is 5.91 Å². The van der Waals surface area contributed by atoms with Crippen molar-refractivity contribution < 1.29 is 19.1 Å². The lowest BCUT2D eigenvalue weighted by molar-refractivity contribution is -0.127. The summed E-state index contributed by atoms with van der Waals surface area (Å²) >= 11 is 0. The molecule has 2 aromatic heterocycles. The standard InChI is InChI=1S/C28H31N7O4/c1-18(28(37)30-21-9-5-6-10-21)35(22-14-19-8-4-7-11-23(19)29-16-22)26(36)17-34-32-27(31-33-34)20-12-13-24(38-2)25(15-20)39-3/h4,7-8,11-16,18,21H,5-6,9-10,17H2,1-3H3,(H,30,37). The van der Waals surface area contributed by atoms with Gasteiger partial charge in [0.2, 0.25) is 11.7 Å². The molecule has 1 N–H and O–H groups in total. The summed E-state index contributed by atoms with van der Waals surface area (Å²) in [6, 6.07) is 14.1. The van der Waals surface area contributed by atoms with Gasteiger partial charge in [-0.15, -0.1) is 10.2 Å². The van der Waals surface area contributed by atoms with Crippen LogP contribution in [0.3, 0.4) is 0 Å². The van der Waals surface area contributed by atoms with Gasteiger partial charge in [0.1, 0.15) is 12.6 Å². The average Bonchev–Trinajstić information content (AvgIpc) is 3.65. The van der Waals surface area contributed by atoms with Gasteiger partial charge in [-0.1, -0.05) is 31.0 Å². The Kier molecular flexibility index (Phi) is 7.67. The number of pyridine rings is 1. The van der Waals surface area contributed by atoms with E-state index >= 15 is 0 Å². The summed E-state index contributed by atoms with van der Waals surface area (Å²) in [7, 11) is 3.11. The van der Waals surface area contributed by atoms with Crippen molar-refractivity contribution in [2.75, 3.05) is 19.1 Å². The molecule has 11 heteroatoms. The van der Waals surface area contributed by atoms with Crippen molar-refractivity contribution in [2.45, 2.75) is 51.2 Å². The van der Waals surface area contributed by atoms with Gasteiger partial charge < -0.3 is 14.8 Å². The number of nitrogens with one attached hydrogen (secondary N) is 1. The number of ether oxygens (including phenoxy) is 2. The van der Waals surface area contributed by atoms with Gasteiger partial charge in [0.15, 0.2) is 11.5 Å². The number of carbonyl (C=O) groups excluding carboxylic acids is 2. The zero-order valence-electron chi connectivity index (χ0n) is 22.2. The molecule has 2 heterocycles. The number of anilines is 1. The highest BCUT2D eigenvalue weighted by atomic mass is 16.5. The summed E-state index contributed by atoms with van der Waals surface area (Å²) in [6.07, 6.45) is 5.70. The van der Waals surface area contributed by atoms with Crippen molar-refractivity contribution >= 4 is 28.4 Å². The second-order valence-corrected chi connectivity index (χ2v) is 9.53. The maximum absolute atomic E-state index is 13.7. The number of carbonyl (C=O) groups is 2. The van der Waals surface area contributed by atoms with E-state index in [1.54, 1.807) is 45.5 Å². The molecular formula is C28H31N7O4. The predicted molar refractivity (Wildman–Crippen MR) is 145 cm³/mol. The number of amides is 2. The monoisotopic (exact) mass is 529 g/mol. The first-order valence-electron chi connectivity index (χ1n) is 12.9.